The van der Waals surface area contributed by atoms with Gasteiger partial charge in [0.1, 0.15) is 18.9 Å². The average Bonchev–Trinajstić information content (AvgIpc) is 3.06. The largest absolute Gasteiger partial charge is 0.305 e. The zero-order valence-electron chi connectivity index (χ0n) is 33.7. The first kappa shape index (κ1) is 47.6. The van der Waals surface area contributed by atoms with Gasteiger partial charge in [-0.1, -0.05) is 207 Å². The van der Waals surface area contributed by atoms with Crippen molar-refractivity contribution in [1.29, 1.82) is 0 Å². The van der Waals surface area contributed by atoms with Crippen LogP contribution >= 0.6 is 0 Å². The highest BCUT2D eigenvalue weighted by molar-refractivity contribution is 6.79. The van der Waals surface area contributed by atoms with E-state index in [-0.39, 0.29) is 0 Å². The topological polar surface area (TPSA) is 4.44 Å². The summed E-state index contributed by atoms with van der Waals surface area (Å²) < 4.78 is 25.2. The Morgan fingerprint density at radius 2 is 0.688 bits per heavy atom. The van der Waals surface area contributed by atoms with E-state index in [0.29, 0.717) is 5.69 Å². The van der Waals surface area contributed by atoms with Gasteiger partial charge in [-0.15, -0.1) is 0 Å². The average molecular weight is 694 g/mol. The lowest BCUT2D eigenvalue weighted by Crippen LogP contribution is -3.00. The van der Waals surface area contributed by atoms with E-state index in [2.05, 4.69) is 27.7 Å². The maximum Gasteiger partial charge on any atom is 0.186 e. The van der Waals surface area contributed by atoms with Crippen LogP contribution < -0.4 is 4.90 Å². The van der Waals surface area contributed by atoms with E-state index in [1.165, 1.54) is 166 Å². The van der Waals surface area contributed by atoms with Gasteiger partial charge in [0.25, 0.3) is 0 Å². The Kier molecular flexibility index (Phi) is 34.7. The van der Waals surface area contributed by atoms with Crippen LogP contribution in [0.2, 0.25) is 21.1 Å². The van der Waals surface area contributed by atoms with Gasteiger partial charge in [-0.2, -0.15) is 21.1 Å². The van der Waals surface area contributed by atoms with Crippen LogP contribution in [-0.2, 0) is 0 Å². The summed E-state index contributed by atoms with van der Waals surface area (Å²) in [5, 5.41) is 6.84. The van der Waals surface area contributed by atoms with Crippen LogP contribution in [0.4, 0.5) is 14.5 Å². The molecule has 0 spiro atoms. The fourth-order valence-electron chi connectivity index (χ4n) is 7.90. The van der Waals surface area contributed by atoms with Crippen LogP contribution in [0.1, 0.15) is 207 Å². The SMILES string of the molecule is CCCCCCCC[CH2][Al-]([CH2]CCCCCCCC)([CH2]CCCCCCCC)[CH2]CCCCCCCC.C[NH+](C)c1ccc(F)cc1F. The van der Waals surface area contributed by atoms with Crippen molar-refractivity contribution in [3.05, 3.63) is 29.8 Å². The van der Waals surface area contributed by atoms with Crippen molar-refractivity contribution in [1.82, 2.24) is 0 Å². The molecule has 0 fully saturated rings. The first-order chi connectivity index (χ1) is 23.4. The third kappa shape index (κ3) is 28.3. The van der Waals surface area contributed by atoms with Gasteiger partial charge < -0.3 is 4.90 Å². The Labute approximate surface area is 303 Å². The van der Waals surface area contributed by atoms with E-state index in [0.717, 1.165) is 11.0 Å². The molecule has 284 valence electrons. The number of halogens is 2. The van der Waals surface area contributed by atoms with Crippen LogP contribution in [0.3, 0.4) is 0 Å². The molecule has 4 heteroatoms. The molecule has 0 amide bonds. The summed E-state index contributed by atoms with van der Waals surface area (Å²) in [5.41, 5.74) is 0.478. The third-order valence-corrected chi connectivity index (χ3v) is 17.7. The van der Waals surface area contributed by atoms with E-state index >= 15 is 0 Å². The summed E-state index contributed by atoms with van der Waals surface area (Å²) in [4.78, 5) is 0.850. The number of hydrogen-bond donors (Lipinski definition) is 1. The smallest absolute Gasteiger partial charge is 0.186 e. The molecule has 0 unspecified atom stereocenters. The Balaban J connectivity index is 0.00000168. The quantitative estimate of drug-likeness (QED) is 0.0552. The lowest BCUT2D eigenvalue weighted by molar-refractivity contribution is -0.787. The number of benzene rings is 1. The van der Waals surface area contributed by atoms with Crippen molar-refractivity contribution >= 4 is 18.8 Å². The minimum atomic E-state index is -1.45. The zero-order chi connectivity index (χ0) is 35.6. The highest BCUT2D eigenvalue weighted by Gasteiger charge is 2.27. The van der Waals surface area contributed by atoms with Crippen LogP contribution in [0.15, 0.2) is 18.2 Å². The summed E-state index contributed by atoms with van der Waals surface area (Å²) in [6.07, 6.45) is 41.8. The second-order valence-electron chi connectivity index (χ2n) is 16.0. The maximum atomic E-state index is 12.8. The first-order valence-corrected chi connectivity index (χ1v) is 25.1. The third-order valence-electron chi connectivity index (χ3n) is 11.2. The van der Waals surface area contributed by atoms with Crippen LogP contribution in [0.25, 0.3) is 0 Å². The summed E-state index contributed by atoms with van der Waals surface area (Å²) in [5.74, 6) is -1.03. The van der Waals surface area contributed by atoms with E-state index in [4.69, 9.17) is 0 Å². The van der Waals surface area contributed by atoms with Gasteiger partial charge in [-0.3, -0.25) is 0 Å². The molecule has 0 heterocycles. The number of quaternary nitrogens is 1. The minimum absolute atomic E-state index is 0.478. The van der Waals surface area contributed by atoms with Crippen molar-refractivity contribution in [3.8, 4) is 0 Å². The van der Waals surface area contributed by atoms with E-state index in [9.17, 15) is 8.78 Å². The standard InChI is InChI=1S/4C9H19.C8H9F2N.Al/c4*1-3-5-7-9-8-6-4-2;1-11(2)8-4-3-6(9)5-7(8)10;/h4*1,3-9H2,2H3;3-5H,1-2H3;/q;;;;;-1/p+1. The molecule has 0 bridgehead atoms. The summed E-state index contributed by atoms with van der Waals surface area (Å²) >= 11 is -1.45. The van der Waals surface area contributed by atoms with Crippen LogP contribution in [0.5, 0.6) is 0 Å². The molecular weight excluding hydrogens is 607 g/mol. The Morgan fingerprint density at radius 3 is 0.938 bits per heavy atom. The van der Waals surface area contributed by atoms with Gasteiger partial charge in [0.15, 0.2) is 11.5 Å². The number of hydrogen-bond acceptors (Lipinski definition) is 0. The lowest BCUT2D eigenvalue weighted by atomic mass is 10.1. The molecular formula is C44H86AlF2N. The summed E-state index contributed by atoms with van der Waals surface area (Å²) in [7, 11) is 3.58. The molecule has 48 heavy (non-hydrogen) atoms. The minimum Gasteiger partial charge on any atom is -0.305 e. The van der Waals surface area contributed by atoms with Crippen molar-refractivity contribution in [2.45, 2.75) is 229 Å². The van der Waals surface area contributed by atoms with Crippen molar-refractivity contribution in [3.63, 3.8) is 0 Å². The molecule has 1 nitrogen and oxygen atoms in total. The molecule has 0 radical (unpaired) electrons. The second kappa shape index (κ2) is 35.0. The van der Waals surface area contributed by atoms with E-state index in [1.807, 2.05) is 0 Å². The molecule has 0 aliphatic heterocycles. The van der Waals surface area contributed by atoms with Gasteiger partial charge in [0.05, 0.1) is 14.1 Å². The van der Waals surface area contributed by atoms with Crippen LogP contribution in [0, 0.1) is 11.6 Å². The monoisotopic (exact) mass is 694 g/mol. The second-order valence-corrected chi connectivity index (χ2v) is 21.8. The predicted octanol–water partition coefficient (Wildman–Crippen LogP) is 15.2. The van der Waals surface area contributed by atoms with Gasteiger partial charge in [-0.25, -0.2) is 8.78 Å². The molecule has 1 N–H and O–H groups in total. The molecule has 0 atom stereocenters. The van der Waals surface area contributed by atoms with Crippen molar-refractivity contribution < 1.29 is 13.7 Å². The molecule has 0 aromatic heterocycles. The van der Waals surface area contributed by atoms with Crippen LogP contribution in [-0.4, -0.2) is 27.2 Å². The zero-order valence-corrected chi connectivity index (χ0v) is 34.8. The van der Waals surface area contributed by atoms with Gasteiger partial charge >= 0.3 is 0 Å². The fourth-order valence-corrected chi connectivity index (χ4v) is 14.2. The molecule has 0 saturated carbocycles. The predicted molar refractivity (Wildman–Crippen MR) is 216 cm³/mol. The highest BCUT2D eigenvalue weighted by atomic mass is 27.2. The van der Waals surface area contributed by atoms with E-state index in [1.54, 1.807) is 60.9 Å². The molecule has 1 rings (SSSR count). The molecule has 1 aromatic carbocycles. The van der Waals surface area contributed by atoms with Crippen molar-refractivity contribution in [2.24, 2.45) is 0 Å². The molecule has 1 aromatic rings. The van der Waals surface area contributed by atoms with Gasteiger partial charge in [0, 0.05) is 12.1 Å². The summed E-state index contributed by atoms with van der Waals surface area (Å²) in [6.45, 7) is 9.38. The number of rotatable bonds is 33. The number of nitrogens with one attached hydrogen (secondary N) is 1. The fraction of sp³-hybridized carbons (Fsp3) is 0.864. The first-order valence-electron chi connectivity index (χ1n) is 21.8. The highest BCUT2D eigenvalue weighted by Crippen LogP contribution is 2.35. The molecule has 0 aliphatic carbocycles. The summed E-state index contributed by atoms with van der Waals surface area (Å²) in [6, 6.07) is 3.59. The maximum absolute atomic E-state index is 12.8. The number of unbranched alkanes of at least 4 members (excludes halogenated alkanes) is 24. The Morgan fingerprint density at radius 1 is 0.417 bits per heavy atom. The van der Waals surface area contributed by atoms with Gasteiger partial charge in [0.2, 0.25) is 0 Å². The van der Waals surface area contributed by atoms with Crippen molar-refractivity contribution in [2.75, 3.05) is 14.1 Å². The Bertz CT molecular complexity index is 721. The van der Waals surface area contributed by atoms with E-state index < -0.39 is 24.7 Å². The lowest BCUT2D eigenvalue weighted by Gasteiger charge is -2.37. The molecule has 0 aliphatic rings. The Hall–Kier alpha value is -0.428. The molecule has 0 saturated heterocycles. The normalized spacial score (nSPS) is 11.7. The van der Waals surface area contributed by atoms with Gasteiger partial charge in [-0.05, 0) is 6.07 Å².